The van der Waals surface area contributed by atoms with Crippen molar-refractivity contribution in [1.82, 2.24) is 9.97 Å². The van der Waals surface area contributed by atoms with Crippen LogP contribution in [0.1, 0.15) is 15.9 Å². The van der Waals surface area contributed by atoms with Crippen molar-refractivity contribution in [3.8, 4) is 0 Å². The molecule has 0 aliphatic carbocycles. The maximum atomic E-state index is 13.2. The Morgan fingerprint density at radius 1 is 1.14 bits per heavy atom. The zero-order valence-corrected chi connectivity index (χ0v) is 15.0. The summed E-state index contributed by atoms with van der Waals surface area (Å²) >= 11 is -2.83. The van der Waals surface area contributed by atoms with Crippen LogP contribution in [0, 0.1) is 0 Å². The van der Waals surface area contributed by atoms with Gasteiger partial charge in [0.2, 0.25) is 0 Å². The van der Waals surface area contributed by atoms with Crippen molar-refractivity contribution >= 4 is 39.6 Å². The SMILES string of the molecule is COC(=O)c1ccc(C(F)(F)F)cc1N(c1cccc2nccnc12)S(=O)O. The number of halogens is 3. The Morgan fingerprint density at radius 3 is 2.50 bits per heavy atom. The van der Waals surface area contributed by atoms with E-state index < -0.39 is 34.7 Å². The number of nitrogens with zero attached hydrogens (tertiary/aromatic N) is 3. The van der Waals surface area contributed by atoms with E-state index in [0.717, 1.165) is 13.2 Å². The standard InChI is InChI=1S/C17H12F3N3O4S/c1-27-16(24)11-6-5-10(17(18,19)20)9-14(11)23(28(25)26)13-4-2-3-12-15(13)22-8-7-21-12/h2-9H,1H3,(H,25,26). The van der Waals surface area contributed by atoms with Crippen molar-refractivity contribution in [1.29, 1.82) is 0 Å². The number of rotatable bonds is 4. The molecule has 0 saturated carbocycles. The molecule has 0 bridgehead atoms. The lowest BCUT2D eigenvalue weighted by Crippen LogP contribution is -2.23. The number of carbonyl (C=O) groups is 1. The van der Waals surface area contributed by atoms with Gasteiger partial charge in [0, 0.05) is 12.4 Å². The predicted molar refractivity (Wildman–Crippen MR) is 95.2 cm³/mol. The highest BCUT2D eigenvalue weighted by molar-refractivity contribution is 7.81. The molecule has 0 radical (unpaired) electrons. The summed E-state index contributed by atoms with van der Waals surface area (Å²) in [6.45, 7) is 0. The third-order valence-corrected chi connectivity index (χ3v) is 4.51. The van der Waals surface area contributed by atoms with Gasteiger partial charge < -0.3 is 4.74 Å². The number of hydrogen-bond donors (Lipinski definition) is 1. The maximum Gasteiger partial charge on any atom is 0.416 e. The average Bonchev–Trinajstić information content (AvgIpc) is 2.66. The highest BCUT2D eigenvalue weighted by Gasteiger charge is 2.34. The topological polar surface area (TPSA) is 92.6 Å². The van der Waals surface area contributed by atoms with Crippen LogP contribution in [0.4, 0.5) is 24.5 Å². The van der Waals surface area contributed by atoms with Gasteiger partial charge in [0.15, 0.2) is 0 Å². The summed E-state index contributed by atoms with van der Waals surface area (Å²) in [6, 6.07) is 6.65. The molecule has 146 valence electrons. The van der Waals surface area contributed by atoms with E-state index in [9.17, 15) is 26.7 Å². The normalized spacial score (nSPS) is 12.6. The van der Waals surface area contributed by atoms with Gasteiger partial charge in [0.1, 0.15) is 5.52 Å². The van der Waals surface area contributed by atoms with Gasteiger partial charge in [-0.1, -0.05) is 6.07 Å². The van der Waals surface area contributed by atoms with Gasteiger partial charge in [-0.2, -0.15) is 13.2 Å². The predicted octanol–water partition coefficient (Wildman–Crippen LogP) is 3.71. The van der Waals surface area contributed by atoms with Crippen LogP contribution >= 0.6 is 0 Å². The Hall–Kier alpha value is -3.05. The number of alkyl halides is 3. The minimum Gasteiger partial charge on any atom is -0.465 e. The van der Waals surface area contributed by atoms with Gasteiger partial charge >= 0.3 is 12.1 Å². The van der Waals surface area contributed by atoms with Crippen molar-refractivity contribution in [2.75, 3.05) is 11.4 Å². The monoisotopic (exact) mass is 411 g/mol. The zero-order chi connectivity index (χ0) is 20.5. The first-order valence-corrected chi connectivity index (χ1v) is 8.71. The minimum absolute atomic E-state index is 0.00379. The fourth-order valence-electron chi connectivity index (χ4n) is 2.60. The minimum atomic E-state index is -4.73. The second kappa shape index (κ2) is 7.52. The van der Waals surface area contributed by atoms with Crippen LogP contribution in [0.2, 0.25) is 0 Å². The number of aromatic nitrogens is 2. The molecule has 0 amide bonds. The van der Waals surface area contributed by atoms with Crippen molar-refractivity contribution < 1.29 is 31.5 Å². The summed E-state index contributed by atoms with van der Waals surface area (Å²) in [5.41, 5.74) is -1.37. The molecule has 1 heterocycles. The van der Waals surface area contributed by atoms with E-state index in [1.807, 2.05) is 0 Å². The Labute approximate surface area is 159 Å². The molecule has 1 aromatic heterocycles. The van der Waals surface area contributed by atoms with Crippen LogP contribution in [0.15, 0.2) is 48.8 Å². The Morgan fingerprint density at radius 2 is 1.86 bits per heavy atom. The zero-order valence-electron chi connectivity index (χ0n) is 14.2. The van der Waals surface area contributed by atoms with Gasteiger partial charge in [0.25, 0.3) is 11.3 Å². The maximum absolute atomic E-state index is 13.2. The molecule has 0 aliphatic rings. The van der Waals surface area contributed by atoms with E-state index in [4.69, 9.17) is 0 Å². The van der Waals surface area contributed by atoms with Gasteiger partial charge in [0.05, 0.1) is 35.1 Å². The second-order valence-corrected chi connectivity index (χ2v) is 6.27. The van der Waals surface area contributed by atoms with E-state index in [-0.39, 0.29) is 16.8 Å². The van der Waals surface area contributed by atoms with Crippen LogP contribution in [-0.4, -0.2) is 31.8 Å². The summed E-state index contributed by atoms with van der Waals surface area (Å²) in [7, 11) is 1.05. The lowest BCUT2D eigenvalue weighted by Gasteiger charge is -2.24. The molecule has 0 aliphatic heterocycles. The lowest BCUT2D eigenvalue weighted by atomic mass is 10.1. The second-order valence-electron chi connectivity index (χ2n) is 5.45. The molecule has 3 aromatic rings. The Kier molecular flexibility index (Phi) is 5.29. The van der Waals surface area contributed by atoms with E-state index in [2.05, 4.69) is 14.7 Å². The largest absolute Gasteiger partial charge is 0.465 e. The van der Waals surface area contributed by atoms with Crippen LogP contribution < -0.4 is 4.31 Å². The number of hydrogen-bond acceptors (Lipinski definition) is 5. The molecule has 0 saturated heterocycles. The number of carbonyl (C=O) groups excluding carboxylic acids is 1. The molecule has 1 N–H and O–H groups in total. The molecule has 11 heteroatoms. The number of methoxy groups -OCH3 is 1. The molecule has 0 fully saturated rings. The summed E-state index contributed by atoms with van der Waals surface area (Å²) in [5.74, 6) is -0.967. The van der Waals surface area contributed by atoms with E-state index in [1.54, 1.807) is 6.07 Å². The van der Waals surface area contributed by atoms with E-state index in [0.29, 0.717) is 22.0 Å². The molecular weight excluding hydrogens is 399 g/mol. The van der Waals surface area contributed by atoms with Gasteiger partial charge in [-0.05, 0) is 30.3 Å². The Balaban J connectivity index is 2.32. The quantitative estimate of drug-likeness (QED) is 0.520. The van der Waals surface area contributed by atoms with Crippen molar-refractivity contribution in [2.24, 2.45) is 0 Å². The first-order valence-electron chi connectivity index (χ1n) is 7.64. The number of benzene rings is 2. The van der Waals surface area contributed by atoms with Gasteiger partial charge in [-0.25, -0.2) is 13.3 Å². The fourth-order valence-corrected chi connectivity index (χ4v) is 3.23. The van der Waals surface area contributed by atoms with Crippen molar-refractivity contribution in [3.05, 3.63) is 59.9 Å². The molecule has 7 nitrogen and oxygen atoms in total. The molecule has 28 heavy (non-hydrogen) atoms. The van der Waals surface area contributed by atoms with Crippen molar-refractivity contribution in [2.45, 2.75) is 6.18 Å². The van der Waals surface area contributed by atoms with Crippen LogP contribution in [-0.2, 0) is 22.2 Å². The highest BCUT2D eigenvalue weighted by atomic mass is 32.2. The number of anilines is 2. The number of fused-ring (bicyclic) bond motifs is 1. The average molecular weight is 411 g/mol. The van der Waals surface area contributed by atoms with Gasteiger partial charge in [-0.15, -0.1) is 0 Å². The third kappa shape index (κ3) is 3.66. The third-order valence-electron chi connectivity index (χ3n) is 3.80. The number of ether oxygens (including phenoxy) is 1. The van der Waals surface area contributed by atoms with Crippen LogP contribution in [0.5, 0.6) is 0 Å². The summed E-state index contributed by atoms with van der Waals surface area (Å²) in [5, 5.41) is 0. The van der Waals surface area contributed by atoms with Crippen LogP contribution in [0.3, 0.4) is 0 Å². The summed E-state index contributed by atoms with van der Waals surface area (Å²) < 4.78 is 66.9. The van der Waals surface area contributed by atoms with Crippen LogP contribution in [0.25, 0.3) is 11.0 Å². The van der Waals surface area contributed by atoms with E-state index >= 15 is 0 Å². The molecule has 1 atom stereocenters. The lowest BCUT2D eigenvalue weighted by molar-refractivity contribution is -0.137. The van der Waals surface area contributed by atoms with Gasteiger partial charge in [-0.3, -0.25) is 14.5 Å². The smallest absolute Gasteiger partial charge is 0.416 e. The first-order chi connectivity index (χ1) is 13.2. The molecule has 1 unspecified atom stereocenters. The Bertz CT molecular complexity index is 1070. The number of esters is 1. The molecule has 3 rings (SSSR count). The first kappa shape index (κ1) is 19.7. The molecule has 2 aromatic carbocycles. The molecular formula is C17H12F3N3O4S. The highest BCUT2D eigenvalue weighted by Crippen LogP contribution is 2.38. The van der Waals surface area contributed by atoms with E-state index in [1.165, 1.54) is 24.5 Å². The number of para-hydroxylation sites is 1. The molecule has 0 spiro atoms. The van der Waals surface area contributed by atoms with Crippen molar-refractivity contribution in [3.63, 3.8) is 0 Å². The summed E-state index contributed by atoms with van der Waals surface area (Å²) in [6.07, 6.45) is -2.00. The fraction of sp³-hybridized carbons (Fsp3) is 0.118. The summed E-state index contributed by atoms with van der Waals surface area (Å²) in [4.78, 5) is 20.2.